The van der Waals surface area contributed by atoms with Crippen molar-refractivity contribution in [2.24, 2.45) is 0 Å². The molecule has 2 aromatic heterocycles. The molecule has 0 bridgehead atoms. The SMILES string of the molecule is COCC(=O)Nc1ccc(N2C(=S)N[C@@H](c3ccccn3)[C@H]2c2ccc(-c3cccc(Cl)c3C)o2)cc1C. The second-order valence-corrected chi connectivity index (χ2v) is 9.89. The highest BCUT2D eigenvalue weighted by molar-refractivity contribution is 7.80. The van der Waals surface area contributed by atoms with E-state index in [9.17, 15) is 4.79 Å². The maximum Gasteiger partial charge on any atom is 0.250 e. The smallest absolute Gasteiger partial charge is 0.250 e. The monoisotopic (exact) mass is 546 g/mol. The molecule has 9 heteroatoms. The molecule has 5 rings (SSSR count). The molecule has 0 spiro atoms. The van der Waals surface area contributed by atoms with Gasteiger partial charge in [-0.05, 0) is 85.7 Å². The summed E-state index contributed by atoms with van der Waals surface area (Å²) < 4.78 is 11.4. The molecule has 1 aliphatic rings. The van der Waals surface area contributed by atoms with Crippen LogP contribution in [-0.2, 0) is 9.53 Å². The number of benzene rings is 2. The summed E-state index contributed by atoms with van der Waals surface area (Å²) >= 11 is 12.2. The summed E-state index contributed by atoms with van der Waals surface area (Å²) in [5.74, 6) is 1.25. The summed E-state index contributed by atoms with van der Waals surface area (Å²) in [4.78, 5) is 18.7. The molecule has 1 saturated heterocycles. The van der Waals surface area contributed by atoms with Gasteiger partial charge in [-0.3, -0.25) is 9.78 Å². The number of carbonyl (C=O) groups is 1. The number of anilines is 2. The zero-order chi connectivity index (χ0) is 26.8. The van der Waals surface area contributed by atoms with E-state index in [0.29, 0.717) is 15.8 Å². The molecule has 38 heavy (non-hydrogen) atoms. The predicted molar refractivity (Wildman–Crippen MR) is 154 cm³/mol. The first-order valence-corrected chi connectivity index (χ1v) is 12.9. The highest BCUT2D eigenvalue weighted by atomic mass is 35.5. The number of hydrogen-bond acceptors (Lipinski definition) is 5. The Bertz CT molecular complexity index is 1490. The van der Waals surface area contributed by atoms with E-state index in [2.05, 4.69) is 15.6 Å². The lowest BCUT2D eigenvalue weighted by Gasteiger charge is -2.27. The molecular weight excluding hydrogens is 520 g/mol. The third-order valence-electron chi connectivity index (χ3n) is 6.59. The number of pyridine rings is 1. The van der Waals surface area contributed by atoms with Gasteiger partial charge in [-0.1, -0.05) is 29.8 Å². The summed E-state index contributed by atoms with van der Waals surface area (Å²) in [6.07, 6.45) is 1.77. The summed E-state index contributed by atoms with van der Waals surface area (Å²) in [6, 6.07) is 20.8. The number of ether oxygens (including phenoxy) is 1. The highest BCUT2D eigenvalue weighted by Gasteiger charge is 2.42. The first-order chi connectivity index (χ1) is 18.4. The van der Waals surface area contributed by atoms with E-state index in [1.165, 1.54) is 7.11 Å². The number of methoxy groups -OCH3 is 1. The fourth-order valence-electron chi connectivity index (χ4n) is 4.71. The molecule has 7 nitrogen and oxygen atoms in total. The van der Waals surface area contributed by atoms with Crippen LogP contribution in [0.4, 0.5) is 11.4 Å². The van der Waals surface area contributed by atoms with Gasteiger partial charge >= 0.3 is 0 Å². The highest BCUT2D eigenvalue weighted by Crippen LogP contribution is 2.44. The maximum atomic E-state index is 12.1. The minimum Gasteiger partial charge on any atom is -0.459 e. The zero-order valence-electron chi connectivity index (χ0n) is 21.2. The van der Waals surface area contributed by atoms with Crippen molar-refractivity contribution >= 4 is 46.2 Å². The second kappa shape index (κ2) is 10.9. The standard InChI is InChI=1S/C29H27ClN4O3S/c1-17-15-19(10-11-22(17)32-26(35)16-36-3)34-28(27(33-29(34)38)23-9-4-5-14-31-23)25-13-12-24(37-25)20-7-6-8-21(30)18(20)2/h4-15,27-28H,16H2,1-3H3,(H,32,35)(H,33,38)/t27-,28+/m0/s1. The Labute approximate surface area is 231 Å². The van der Waals surface area contributed by atoms with Crippen LogP contribution in [0, 0.1) is 13.8 Å². The molecule has 3 heterocycles. The van der Waals surface area contributed by atoms with E-state index in [1.54, 1.807) is 6.20 Å². The number of aryl methyl sites for hydroxylation is 1. The molecule has 2 aromatic carbocycles. The average Bonchev–Trinajstić information content (AvgIpc) is 3.52. The number of furan rings is 1. The Morgan fingerprint density at radius 2 is 2.00 bits per heavy atom. The van der Waals surface area contributed by atoms with E-state index in [4.69, 9.17) is 33.0 Å². The van der Waals surface area contributed by atoms with Crippen molar-refractivity contribution in [3.63, 3.8) is 0 Å². The molecular formula is C29H27ClN4O3S. The van der Waals surface area contributed by atoms with Gasteiger partial charge in [0.05, 0.1) is 11.7 Å². The predicted octanol–water partition coefficient (Wildman–Crippen LogP) is 6.37. The van der Waals surface area contributed by atoms with Crippen LogP contribution in [0.3, 0.4) is 0 Å². The van der Waals surface area contributed by atoms with Crippen molar-refractivity contribution < 1.29 is 13.9 Å². The number of rotatable bonds is 7. The molecule has 0 unspecified atom stereocenters. The molecule has 4 aromatic rings. The number of thiocarbonyl (C=S) groups is 1. The maximum absolute atomic E-state index is 12.1. The van der Waals surface area contributed by atoms with E-state index >= 15 is 0 Å². The van der Waals surface area contributed by atoms with Gasteiger partial charge < -0.3 is 24.7 Å². The molecule has 0 saturated carbocycles. The first-order valence-electron chi connectivity index (χ1n) is 12.1. The summed E-state index contributed by atoms with van der Waals surface area (Å²) in [7, 11) is 1.49. The summed E-state index contributed by atoms with van der Waals surface area (Å²) in [5.41, 5.74) is 5.21. The number of carbonyl (C=O) groups excluding carboxylic acids is 1. The van der Waals surface area contributed by atoms with Crippen molar-refractivity contribution in [1.29, 1.82) is 0 Å². The van der Waals surface area contributed by atoms with E-state index in [1.807, 2.05) is 85.5 Å². The summed E-state index contributed by atoms with van der Waals surface area (Å²) in [6.45, 7) is 3.91. The number of aromatic nitrogens is 1. The van der Waals surface area contributed by atoms with Crippen molar-refractivity contribution in [1.82, 2.24) is 10.3 Å². The molecule has 1 amide bonds. The molecule has 1 aliphatic heterocycles. The lowest BCUT2D eigenvalue weighted by Crippen LogP contribution is -2.29. The third-order valence-corrected chi connectivity index (χ3v) is 7.31. The molecule has 1 fully saturated rings. The molecule has 2 atom stereocenters. The second-order valence-electron chi connectivity index (χ2n) is 9.09. The minimum absolute atomic E-state index is 0.0118. The number of nitrogens with zero attached hydrogens (tertiary/aromatic N) is 2. The number of nitrogens with one attached hydrogen (secondary N) is 2. The first kappa shape index (κ1) is 25.9. The van der Waals surface area contributed by atoms with Gasteiger partial charge in [0, 0.05) is 35.3 Å². The van der Waals surface area contributed by atoms with Crippen LogP contribution in [-0.4, -0.2) is 29.7 Å². The Morgan fingerprint density at radius 3 is 2.74 bits per heavy atom. The third kappa shape index (κ3) is 5.03. The number of halogens is 1. The van der Waals surface area contributed by atoms with Crippen LogP contribution in [0.1, 0.15) is 34.7 Å². The van der Waals surface area contributed by atoms with Crippen LogP contribution >= 0.6 is 23.8 Å². The lowest BCUT2D eigenvalue weighted by molar-refractivity contribution is -0.119. The van der Waals surface area contributed by atoms with Gasteiger partial charge in [0.25, 0.3) is 0 Å². The number of hydrogen-bond donors (Lipinski definition) is 2. The van der Waals surface area contributed by atoms with Gasteiger partial charge in [-0.2, -0.15) is 0 Å². The topological polar surface area (TPSA) is 79.6 Å². The molecule has 194 valence electrons. The molecule has 0 aliphatic carbocycles. The average molecular weight is 547 g/mol. The van der Waals surface area contributed by atoms with E-state index in [0.717, 1.165) is 39.6 Å². The fraction of sp³-hybridized carbons (Fsp3) is 0.207. The van der Waals surface area contributed by atoms with E-state index < -0.39 is 0 Å². The van der Waals surface area contributed by atoms with Crippen LogP contribution < -0.4 is 15.5 Å². The molecule has 0 radical (unpaired) electrons. The van der Waals surface area contributed by atoms with Crippen molar-refractivity contribution in [3.8, 4) is 11.3 Å². The van der Waals surface area contributed by atoms with Crippen molar-refractivity contribution in [3.05, 3.63) is 101 Å². The Balaban J connectivity index is 1.55. The van der Waals surface area contributed by atoms with Gasteiger partial charge in [0.1, 0.15) is 24.2 Å². The zero-order valence-corrected chi connectivity index (χ0v) is 22.8. The normalized spacial score (nSPS) is 16.9. The van der Waals surface area contributed by atoms with Gasteiger partial charge in [0.2, 0.25) is 5.91 Å². The molecule has 2 N–H and O–H groups in total. The largest absolute Gasteiger partial charge is 0.459 e. The Kier molecular flexibility index (Phi) is 7.46. The van der Waals surface area contributed by atoms with Crippen LogP contribution in [0.5, 0.6) is 0 Å². The van der Waals surface area contributed by atoms with Crippen LogP contribution in [0.2, 0.25) is 5.02 Å². The minimum atomic E-state index is -0.307. The quantitative estimate of drug-likeness (QED) is 0.261. The van der Waals surface area contributed by atoms with Crippen LogP contribution in [0.15, 0.2) is 77.3 Å². The van der Waals surface area contributed by atoms with Gasteiger partial charge in [-0.25, -0.2) is 0 Å². The van der Waals surface area contributed by atoms with Crippen molar-refractivity contribution in [2.45, 2.75) is 25.9 Å². The number of amides is 1. The fourth-order valence-corrected chi connectivity index (χ4v) is 5.23. The van der Waals surface area contributed by atoms with Crippen molar-refractivity contribution in [2.75, 3.05) is 23.9 Å². The summed E-state index contributed by atoms with van der Waals surface area (Å²) in [5, 5.41) is 7.57. The van der Waals surface area contributed by atoms with Crippen LogP contribution in [0.25, 0.3) is 11.3 Å². The Hall–Kier alpha value is -3.72. The van der Waals surface area contributed by atoms with Gasteiger partial charge in [-0.15, -0.1) is 0 Å². The lowest BCUT2D eigenvalue weighted by atomic mass is 10.0. The van der Waals surface area contributed by atoms with Gasteiger partial charge in [0.15, 0.2) is 5.11 Å². The Morgan fingerprint density at radius 1 is 1.16 bits per heavy atom. The van der Waals surface area contributed by atoms with E-state index in [-0.39, 0.29) is 24.6 Å².